The van der Waals surface area contributed by atoms with Gasteiger partial charge in [0.1, 0.15) is 30.5 Å². The van der Waals surface area contributed by atoms with Gasteiger partial charge in [-0.1, -0.05) is 88.5 Å². The average Bonchev–Trinajstić information content (AvgIpc) is 4.08. The minimum Gasteiger partial charge on any atom is -0.414 e. The van der Waals surface area contributed by atoms with Crippen LogP contribution in [0, 0.1) is 11.8 Å². The van der Waals surface area contributed by atoms with Crippen molar-refractivity contribution in [1.82, 2.24) is 0 Å². The Balaban J connectivity index is 0.961. The third-order valence-electron chi connectivity index (χ3n) is 19.7. The first-order valence-electron chi connectivity index (χ1n) is 29.4. The van der Waals surface area contributed by atoms with Gasteiger partial charge in [-0.25, -0.2) is 0 Å². The lowest BCUT2D eigenvalue weighted by molar-refractivity contribution is -0.271. The summed E-state index contributed by atoms with van der Waals surface area (Å²) in [6, 6.07) is 9.73. The molecule has 0 radical (unpaired) electrons. The van der Waals surface area contributed by atoms with E-state index in [1.807, 2.05) is 6.08 Å². The summed E-state index contributed by atoms with van der Waals surface area (Å²) in [5, 5.41) is 10.4. The highest BCUT2D eigenvalue weighted by Crippen LogP contribution is 2.54. The van der Waals surface area contributed by atoms with E-state index in [4.69, 9.17) is 51.2 Å². The first kappa shape index (κ1) is 59.1. The Morgan fingerprint density at radius 2 is 1.33 bits per heavy atom. The molecule has 6 bridgehead atoms. The molecule has 0 amide bonds. The zero-order valence-corrected chi connectivity index (χ0v) is 50.0. The largest absolute Gasteiger partial charge is 0.414 e. The standard InChI is InChI=1S/C57H102O12Si3/c1-15-25-46-53(69-72(22-8,23-9)24-10)56-55-54(64-46)52-50(65-55)36-57(66-52,67-56)30-28-42-33-39(12)45(61-42)27-26-41-32-38(11)40(13)47(62-41)35-48-44(29-31-58)51(59-14)49(63-48)34-43(68-71(19-5,20-6)21-7)37-60-70(16-2,17-3)18-4/h15,38,41-56,58H,1,12-13,16-37H2,2-11,14H3/t38?,41?,42?,43?,44?,45-,46-,47?,48-,49+,50+,51+,52?,53?,54-,55?,56?,57-/m0/s1. The smallest absolute Gasteiger partial charge is 0.192 e. The summed E-state index contributed by atoms with van der Waals surface area (Å²) < 4.78 is 76.5. The highest BCUT2D eigenvalue weighted by Gasteiger charge is 2.68. The molecule has 1 N–H and O–H groups in total. The molecular formula is C57H102O12Si3. The molecule has 0 aromatic heterocycles. The third-order valence-corrected chi connectivity index (χ3v) is 33.7. The molecule has 12 nitrogen and oxygen atoms in total. The molecule has 8 heterocycles. The second-order valence-corrected chi connectivity index (χ2v) is 37.4. The molecule has 18 atom stereocenters. The van der Waals surface area contributed by atoms with Gasteiger partial charge in [0.25, 0.3) is 0 Å². The van der Waals surface area contributed by atoms with E-state index in [2.05, 4.69) is 89.0 Å². The van der Waals surface area contributed by atoms with E-state index < -0.39 is 30.7 Å². The van der Waals surface area contributed by atoms with Crippen molar-refractivity contribution in [1.29, 1.82) is 0 Å². The van der Waals surface area contributed by atoms with Crippen LogP contribution in [0.2, 0.25) is 54.4 Å². The quantitative estimate of drug-likeness (QED) is 0.0525. The van der Waals surface area contributed by atoms with Gasteiger partial charge in [-0.15, -0.1) is 6.58 Å². The van der Waals surface area contributed by atoms with Crippen LogP contribution in [0.1, 0.15) is 140 Å². The molecule has 72 heavy (non-hydrogen) atoms. The van der Waals surface area contributed by atoms with Gasteiger partial charge in [-0.3, -0.25) is 0 Å². The van der Waals surface area contributed by atoms with E-state index in [0.29, 0.717) is 44.6 Å². The molecule has 8 fully saturated rings. The normalized spacial score (nSPS) is 38.3. The number of aliphatic hydroxyl groups is 1. The number of ether oxygens (including phenoxy) is 8. The molecule has 8 saturated heterocycles. The van der Waals surface area contributed by atoms with Gasteiger partial charge in [0.15, 0.2) is 30.7 Å². The van der Waals surface area contributed by atoms with Crippen LogP contribution in [-0.2, 0) is 51.2 Å². The highest BCUT2D eigenvalue weighted by atomic mass is 28.4. The Morgan fingerprint density at radius 1 is 0.694 bits per heavy atom. The number of hydrogen-bond acceptors (Lipinski definition) is 12. The zero-order valence-electron chi connectivity index (χ0n) is 47.0. The predicted octanol–water partition coefficient (Wildman–Crippen LogP) is 12.0. The Morgan fingerprint density at radius 3 is 1.96 bits per heavy atom. The number of aliphatic hydroxyl groups excluding tert-OH is 1. The van der Waals surface area contributed by atoms with Crippen molar-refractivity contribution >= 4 is 25.0 Å². The Hall–Kier alpha value is -0.609. The maximum absolute atomic E-state index is 10.4. The first-order chi connectivity index (χ1) is 34.6. The molecule has 0 saturated carbocycles. The van der Waals surface area contributed by atoms with Crippen LogP contribution in [0.5, 0.6) is 0 Å². The van der Waals surface area contributed by atoms with Crippen molar-refractivity contribution in [2.75, 3.05) is 20.3 Å². The van der Waals surface area contributed by atoms with Crippen molar-refractivity contribution in [3.63, 3.8) is 0 Å². The molecule has 0 aliphatic carbocycles. The van der Waals surface area contributed by atoms with Gasteiger partial charge >= 0.3 is 0 Å². The van der Waals surface area contributed by atoms with Crippen LogP contribution >= 0.6 is 0 Å². The Bertz CT molecular complexity index is 1720. The summed E-state index contributed by atoms with van der Waals surface area (Å²) in [4.78, 5) is 0. The summed E-state index contributed by atoms with van der Waals surface area (Å²) in [6.07, 6.45) is 8.57. The Labute approximate surface area is 440 Å². The van der Waals surface area contributed by atoms with E-state index in [1.165, 1.54) is 0 Å². The summed E-state index contributed by atoms with van der Waals surface area (Å²) in [6.45, 7) is 36.8. The summed E-state index contributed by atoms with van der Waals surface area (Å²) in [5.41, 5.74) is 2.28. The van der Waals surface area contributed by atoms with Gasteiger partial charge < -0.3 is 56.3 Å². The van der Waals surface area contributed by atoms with Crippen LogP contribution in [0.4, 0.5) is 0 Å². The predicted molar refractivity (Wildman–Crippen MR) is 293 cm³/mol. The lowest BCUT2D eigenvalue weighted by Gasteiger charge is -2.47. The molecule has 15 heteroatoms. The van der Waals surface area contributed by atoms with Gasteiger partial charge in [0, 0.05) is 45.3 Å². The van der Waals surface area contributed by atoms with Crippen LogP contribution < -0.4 is 0 Å². The minimum atomic E-state index is -2.00. The summed E-state index contributed by atoms with van der Waals surface area (Å²) in [7, 11) is -4.00. The molecule has 414 valence electrons. The number of rotatable bonds is 31. The molecule has 0 aromatic carbocycles. The molecule has 8 rings (SSSR count). The molecular weight excluding hydrogens is 961 g/mol. The van der Waals surface area contributed by atoms with Crippen LogP contribution in [-0.4, -0.2) is 148 Å². The van der Waals surface area contributed by atoms with E-state index in [9.17, 15) is 5.11 Å². The van der Waals surface area contributed by atoms with Crippen molar-refractivity contribution in [2.45, 2.75) is 292 Å². The van der Waals surface area contributed by atoms with E-state index in [0.717, 1.165) is 104 Å². The fourth-order valence-electron chi connectivity index (χ4n) is 14.3. The SMILES string of the molecule is C=CC[C@@H]1O[C@@H]2C3O[C@@H]4C[C@](CCC5CC(=C)[C@H](CCC6CC(C)C(=C)C(C[C@@H]7O[C@H](CC(CO[Si](CC)(CC)CC)O[Si](CC)(CC)CC)[C@H](OC)C7CCO)O6)O5)(OC3C1O[Si](CC)(CC)CC)OC24. The van der Waals surface area contributed by atoms with Crippen molar-refractivity contribution in [2.24, 2.45) is 11.8 Å². The van der Waals surface area contributed by atoms with Crippen LogP contribution in [0.15, 0.2) is 37.0 Å². The van der Waals surface area contributed by atoms with Crippen molar-refractivity contribution in [3.8, 4) is 0 Å². The minimum absolute atomic E-state index is 0.0227. The Kier molecular flexibility index (Phi) is 21.2. The van der Waals surface area contributed by atoms with Gasteiger partial charge in [-0.05, 0) is 116 Å². The van der Waals surface area contributed by atoms with E-state index in [-0.39, 0.29) is 104 Å². The van der Waals surface area contributed by atoms with Crippen LogP contribution in [0.25, 0.3) is 0 Å². The lowest BCUT2D eigenvalue weighted by atomic mass is 9.82. The monoisotopic (exact) mass is 1060 g/mol. The molecule has 10 unspecified atom stereocenters. The molecule has 8 aliphatic heterocycles. The second-order valence-electron chi connectivity index (χ2n) is 23.2. The maximum Gasteiger partial charge on any atom is 0.192 e. The van der Waals surface area contributed by atoms with Crippen molar-refractivity contribution in [3.05, 3.63) is 37.0 Å². The van der Waals surface area contributed by atoms with Gasteiger partial charge in [-0.2, -0.15) is 0 Å². The molecule has 0 spiro atoms. The highest BCUT2D eigenvalue weighted by molar-refractivity contribution is 6.74. The van der Waals surface area contributed by atoms with Gasteiger partial charge in [0.05, 0.1) is 67.6 Å². The summed E-state index contributed by atoms with van der Waals surface area (Å²) in [5.74, 6) is -0.430. The fourth-order valence-corrected chi connectivity index (χ4v) is 22.6. The summed E-state index contributed by atoms with van der Waals surface area (Å²) >= 11 is 0. The van der Waals surface area contributed by atoms with E-state index >= 15 is 0 Å². The molecule has 8 aliphatic rings. The van der Waals surface area contributed by atoms with Crippen molar-refractivity contribution < 1.29 is 56.3 Å². The maximum atomic E-state index is 10.4. The molecule has 0 aromatic rings. The number of hydrogen-bond donors (Lipinski definition) is 1. The van der Waals surface area contributed by atoms with E-state index in [1.54, 1.807) is 7.11 Å². The zero-order chi connectivity index (χ0) is 52.0. The average molecular weight is 1060 g/mol. The van der Waals surface area contributed by atoms with Crippen LogP contribution in [0.3, 0.4) is 0 Å². The second kappa shape index (κ2) is 25.9. The third kappa shape index (κ3) is 12.6. The fraction of sp³-hybridized carbons (Fsp3) is 0.895. The topological polar surface area (TPSA) is 122 Å². The first-order valence-corrected chi connectivity index (χ1v) is 36.9. The lowest BCUT2D eigenvalue weighted by Crippen LogP contribution is -2.62. The number of methoxy groups -OCH3 is 1. The van der Waals surface area contributed by atoms with Gasteiger partial charge in [0.2, 0.25) is 0 Å².